The molecule has 0 unspecified atom stereocenters. The van der Waals surface area contributed by atoms with E-state index >= 15 is 0 Å². The molecule has 0 radical (unpaired) electrons. The monoisotopic (exact) mass is 252 g/mol. The van der Waals surface area contributed by atoms with Crippen molar-refractivity contribution in [1.29, 1.82) is 0 Å². The van der Waals surface area contributed by atoms with Gasteiger partial charge in [-0.1, -0.05) is 67.6 Å². The Bertz CT molecular complexity index is 487. The van der Waals surface area contributed by atoms with Crippen LogP contribution in [0.3, 0.4) is 0 Å². The minimum Gasteiger partial charge on any atom is -0.407 e. The van der Waals surface area contributed by atoms with E-state index in [9.17, 15) is 0 Å². The molecule has 2 nitrogen and oxygen atoms in total. The molecule has 0 bridgehead atoms. The fourth-order valence-electron chi connectivity index (χ4n) is 2.59. The Kier molecular flexibility index (Phi) is 3.41. The van der Waals surface area contributed by atoms with Crippen LogP contribution in [0.5, 0.6) is 0 Å². The second-order valence-corrected chi connectivity index (χ2v) is 4.83. The van der Waals surface area contributed by atoms with Gasteiger partial charge in [-0.05, 0) is 17.4 Å². The summed E-state index contributed by atoms with van der Waals surface area (Å²) in [5.74, 6) is 0. The topological polar surface area (TPSA) is 18.5 Å². The van der Waals surface area contributed by atoms with E-state index in [-0.39, 0.29) is 7.12 Å². The Morgan fingerprint density at radius 1 is 0.947 bits per heavy atom. The van der Waals surface area contributed by atoms with Crippen molar-refractivity contribution in [1.82, 2.24) is 0 Å². The fourth-order valence-corrected chi connectivity index (χ4v) is 2.59. The lowest BCUT2D eigenvalue weighted by atomic mass is 9.83. The zero-order valence-corrected chi connectivity index (χ0v) is 11.1. The zero-order chi connectivity index (χ0) is 13.1. The molecular formula is C16H17BO2. The standard InChI is InChI=1S/C16H17BO2/c1-2-17-18-13-16(19-17,14-9-5-3-6-10-14)15-11-7-4-8-12-15/h3-12H,2,13H2,1H3. The van der Waals surface area contributed by atoms with E-state index in [4.69, 9.17) is 9.31 Å². The summed E-state index contributed by atoms with van der Waals surface area (Å²) in [4.78, 5) is 0. The predicted molar refractivity (Wildman–Crippen MR) is 76.9 cm³/mol. The maximum Gasteiger partial charge on any atom is 0.457 e. The summed E-state index contributed by atoms with van der Waals surface area (Å²) < 4.78 is 12.1. The van der Waals surface area contributed by atoms with Gasteiger partial charge in [-0.15, -0.1) is 0 Å². The molecule has 0 spiro atoms. The SMILES string of the molecule is CCB1OCC(c2ccccc2)(c2ccccc2)O1. The van der Waals surface area contributed by atoms with Gasteiger partial charge in [0.25, 0.3) is 0 Å². The summed E-state index contributed by atoms with van der Waals surface area (Å²) in [6.45, 7) is 2.65. The average molecular weight is 252 g/mol. The van der Waals surface area contributed by atoms with Crippen LogP contribution >= 0.6 is 0 Å². The molecule has 0 saturated carbocycles. The predicted octanol–water partition coefficient (Wildman–Crippen LogP) is 3.49. The van der Waals surface area contributed by atoms with Gasteiger partial charge in [0.1, 0.15) is 5.60 Å². The van der Waals surface area contributed by atoms with E-state index in [0.29, 0.717) is 6.61 Å². The van der Waals surface area contributed by atoms with Crippen LogP contribution in [-0.2, 0) is 14.9 Å². The van der Waals surface area contributed by atoms with Crippen LogP contribution < -0.4 is 0 Å². The first-order chi connectivity index (χ1) is 9.35. The quantitative estimate of drug-likeness (QED) is 0.778. The summed E-state index contributed by atoms with van der Waals surface area (Å²) in [6.07, 6.45) is 0.863. The zero-order valence-electron chi connectivity index (χ0n) is 11.1. The highest BCUT2D eigenvalue weighted by Crippen LogP contribution is 2.39. The molecule has 96 valence electrons. The Morgan fingerprint density at radius 2 is 1.47 bits per heavy atom. The normalized spacial score (nSPS) is 17.6. The van der Waals surface area contributed by atoms with Crippen molar-refractivity contribution in [3.05, 3.63) is 71.8 Å². The molecule has 3 rings (SSSR count). The minimum absolute atomic E-state index is 0.125. The van der Waals surface area contributed by atoms with Crippen LogP contribution in [0.25, 0.3) is 0 Å². The number of hydrogen-bond donors (Lipinski definition) is 0. The third kappa shape index (κ3) is 2.20. The smallest absolute Gasteiger partial charge is 0.407 e. The van der Waals surface area contributed by atoms with Crippen molar-refractivity contribution in [2.75, 3.05) is 6.61 Å². The molecule has 1 heterocycles. The first kappa shape index (κ1) is 12.5. The van der Waals surface area contributed by atoms with Crippen molar-refractivity contribution in [2.24, 2.45) is 0 Å². The first-order valence-electron chi connectivity index (χ1n) is 6.75. The van der Waals surface area contributed by atoms with Gasteiger partial charge in [-0.25, -0.2) is 0 Å². The fraction of sp³-hybridized carbons (Fsp3) is 0.250. The van der Waals surface area contributed by atoms with Crippen LogP contribution in [-0.4, -0.2) is 13.7 Å². The maximum atomic E-state index is 6.25. The van der Waals surface area contributed by atoms with Gasteiger partial charge < -0.3 is 9.31 Å². The highest BCUT2D eigenvalue weighted by atomic mass is 16.7. The molecule has 1 fully saturated rings. The molecule has 0 amide bonds. The number of rotatable bonds is 3. The maximum absolute atomic E-state index is 6.25. The Morgan fingerprint density at radius 3 is 1.89 bits per heavy atom. The molecule has 2 aromatic rings. The van der Waals surface area contributed by atoms with E-state index in [2.05, 4.69) is 31.2 Å². The molecule has 1 aliphatic rings. The van der Waals surface area contributed by atoms with Crippen molar-refractivity contribution < 1.29 is 9.31 Å². The first-order valence-corrected chi connectivity index (χ1v) is 6.75. The van der Waals surface area contributed by atoms with Crippen LogP contribution in [0, 0.1) is 0 Å². The van der Waals surface area contributed by atoms with Crippen molar-refractivity contribution in [2.45, 2.75) is 18.8 Å². The van der Waals surface area contributed by atoms with Crippen LogP contribution in [0.4, 0.5) is 0 Å². The van der Waals surface area contributed by atoms with E-state index in [0.717, 1.165) is 17.4 Å². The van der Waals surface area contributed by atoms with Crippen molar-refractivity contribution in [3.8, 4) is 0 Å². The van der Waals surface area contributed by atoms with Crippen molar-refractivity contribution >= 4 is 7.12 Å². The Balaban J connectivity index is 2.07. The summed E-state index contributed by atoms with van der Waals surface area (Å²) >= 11 is 0. The van der Waals surface area contributed by atoms with Crippen molar-refractivity contribution in [3.63, 3.8) is 0 Å². The van der Waals surface area contributed by atoms with E-state index in [1.165, 1.54) is 0 Å². The molecule has 1 saturated heterocycles. The third-order valence-corrected chi connectivity index (χ3v) is 3.62. The van der Waals surface area contributed by atoms with Gasteiger partial charge in [-0.2, -0.15) is 0 Å². The van der Waals surface area contributed by atoms with Gasteiger partial charge >= 0.3 is 7.12 Å². The summed E-state index contributed by atoms with van der Waals surface area (Å²) in [7, 11) is -0.125. The van der Waals surface area contributed by atoms with Gasteiger partial charge in [0.2, 0.25) is 0 Å². The summed E-state index contributed by atoms with van der Waals surface area (Å²) in [5.41, 5.74) is 1.83. The molecule has 0 N–H and O–H groups in total. The van der Waals surface area contributed by atoms with Gasteiger partial charge in [0, 0.05) is 0 Å². The van der Waals surface area contributed by atoms with E-state index in [1.807, 2.05) is 36.4 Å². The lowest BCUT2D eigenvalue weighted by Gasteiger charge is -2.29. The summed E-state index contributed by atoms with van der Waals surface area (Å²) in [5, 5.41) is 0. The number of hydrogen-bond acceptors (Lipinski definition) is 2. The second kappa shape index (κ2) is 5.20. The molecule has 2 aromatic carbocycles. The number of benzene rings is 2. The largest absolute Gasteiger partial charge is 0.457 e. The lowest BCUT2D eigenvalue weighted by Crippen LogP contribution is -2.31. The van der Waals surface area contributed by atoms with Crippen LogP contribution in [0.2, 0.25) is 6.32 Å². The molecule has 1 aliphatic heterocycles. The molecule has 0 aliphatic carbocycles. The Labute approximate surface area is 114 Å². The van der Waals surface area contributed by atoms with Gasteiger partial charge in [-0.3, -0.25) is 0 Å². The van der Waals surface area contributed by atoms with Crippen LogP contribution in [0.15, 0.2) is 60.7 Å². The second-order valence-electron chi connectivity index (χ2n) is 4.83. The molecule has 3 heteroatoms. The molecule has 19 heavy (non-hydrogen) atoms. The van der Waals surface area contributed by atoms with Gasteiger partial charge in [0.15, 0.2) is 0 Å². The highest BCUT2D eigenvalue weighted by Gasteiger charge is 2.45. The lowest BCUT2D eigenvalue weighted by molar-refractivity contribution is 0.137. The Hall–Kier alpha value is -1.58. The molecular weight excluding hydrogens is 235 g/mol. The van der Waals surface area contributed by atoms with E-state index < -0.39 is 5.60 Å². The van der Waals surface area contributed by atoms with Crippen LogP contribution in [0.1, 0.15) is 18.1 Å². The summed E-state index contributed by atoms with van der Waals surface area (Å²) in [6, 6.07) is 20.6. The molecule has 0 aromatic heterocycles. The van der Waals surface area contributed by atoms with Gasteiger partial charge in [0.05, 0.1) is 6.61 Å². The molecule has 0 atom stereocenters. The average Bonchev–Trinajstić information content (AvgIpc) is 2.95. The minimum atomic E-state index is -0.469. The highest BCUT2D eigenvalue weighted by molar-refractivity contribution is 6.45. The van der Waals surface area contributed by atoms with E-state index in [1.54, 1.807) is 0 Å². The third-order valence-electron chi connectivity index (χ3n) is 3.62.